The minimum absolute atomic E-state index is 0.287. The molecule has 2 N–H and O–H groups in total. The second kappa shape index (κ2) is 10.2. The number of hydrogen-bond donors (Lipinski definition) is 2. The molecule has 2 unspecified atom stereocenters. The molecule has 2 atom stereocenters. The summed E-state index contributed by atoms with van der Waals surface area (Å²) < 4.78 is 2.71. The molecule has 4 nitrogen and oxygen atoms in total. The van der Waals surface area contributed by atoms with Crippen molar-refractivity contribution < 1.29 is 9.90 Å². The maximum atomic E-state index is 11.6. The van der Waals surface area contributed by atoms with Crippen LogP contribution < -0.4 is 5.32 Å². The molecule has 30 heavy (non-hydrogen) atoms. The van der Waals surface area contributed by atoms with Crippen LogP contribution in [0.25, 0.3) is 0 Å². The molecule has 0 amide bonds. The third kappa shape index (κ3) is 4.68. The molecule has 0 aromatic heterocycles. The summed E-state index contributed by atoms with van der Waals surface area (Å²) in [5.41, 5.74) is 4.10. The van der Waals surface area contributed by atoms with Crippen LogP contribution in [-0.2, 0) is 0 Å². The average molecular weight is 506 g/mol. The van der Waals surface area contributed by atoms with Gasteiger partial charge in [0.15, 0.2) is 0 Å². The molecule has 156 valence electrons. The molecule has 0 bridgehead atoms. The molecular formula is C25H31InN2O2. The van der Waals surface area contributed by atoms with Crippen molar-refractivity contribution >= 4 is 25.2 Å². The summed E-state index contributed by atoms with van der Waals surface area (Å²) in [6.45, 7) is 5.20. The van der Waals surface area contributed by atoms with Crippen molar-refractivity contribution in [3.8, 4) is 0 Å². The van der Waals surface area contributed by atoms with Gasteiger partial charge in [0.25, 0.3) is 0 Å². The van der Waals surface area contributed by atoms with Crippen LogP contribution in [0.15, 0.2) is 70.1 Å². The molecule has 0 radical (unpaired) electrons. The molecule has 0 spiro atoms. The van der Waals surface area contributed by atoms with Gasteiger partial charge in [0.1, 0.15) is 0 Å². The van der Waals surface area contributed by atoms with Crippen LogP contribution >= 0.6 is 0 Å². The summed E-state index contributed by atoms with van der Waals surface area (Å²) in [5.74, 6) is 0.287. The van der Waals surface area contributed by atoms with E-state index in [-0.39, 0.29) is 5.92 Å². The van der Waals surface area contributed by atoms with Crippen molar-refractivity contribution in [1.29, 1.82) is 0 Å². The monoisotopic (exact) mass is 506 g/mol. The van der Waals surface area contributed by atoms with Crippen LogP contribution in [-0.4, -0.2) is 66.9 Å². The number of benzene rings is 2. The van der Waals surface area contributed by atoms with Gasteiger partial charge in [-0.2, -0.15) is 0 Å². The molecule has 1 saturated heterocycles. The molecule has 2 aromatic carbocycles. The first kappa shape index (κ1) is 21.7. The van der Waals surface area contributed by atoms with Gasteiger partial charge in [-0.1, -0.05) is 0 Å². The fourth-order valence-electron chi connectivity index (χ4n) is 5.32. The van der Waals surface area contributed by atoms with Crippen molar-refractivity contribution in [3.05, 3.63) is 81.2 Å². The molecule has 5 heteroatoms. The van der Waals surface area contributed by atoms with Crippen molar-refractivity contribution in [2.24, 2.45) is 0 Å². The molecule has 4 rings (SSSR count). The number of carbonyl (C=O) groups is 1. The molecule has 2 heterocycles. The molecule has 1 fully saturated rings. The number of carboxylic acid groups (broad SMARTS) is 1. The molecule has 0 saturated carbocycles. The fraction of sp³-hybridized carbons (Fsp3) is 0.400. The average Bonchev–Trinajstić information content (AvgIpc) is 3.27. The number of piperazine rings is 1. The van der Waals surface area contributed by atoms with E-state index in [0.29, 0.717) is 12.1 Å². The topological polar surface area (TPSA) is 52.6 Å². The zero-order valence-corrected chi connectivity index (χ0v) is 21.0. The van der Waals surface area contributed by atoms with E-state index in [2.05, 4.69) is 81.6 Å². The standard InChI is InChI=1S/C24H30N2.CHO2.In/c1-4-19(3)22(5-2)26-17-16-25-18-23(26)24(20-12-8-6-9-13-20)21-14-10-7-11-15-21;2-1-3;/h3,6-15,22-25H,1,4-5,16-18H2,2H3;(H,2,3);. The van der Waals surface area contributed by atoms with Crippen LogP contribution in [0.5, 0.6) is 0 Å². The van der Waals surface area contributed by atoms with Crippen LogP contribution in [0.1, 0.15) is 36.8 Å². The first-order valence-corrected chi connectivity index (χ1v) is 17.1. The van der Waals surface area contributed by atoms with Gasteiger partial charge in [-0.15, -0.1) is 0 Å². The molecule has 0 aliphatic carbocycles. The van der Waals surface area contributed by atoms with Crippen LogP contribution in [0.3, 0.4) is 0 Å². The maximum absolute atomic E-state index is 11.6. The molecule has 2 aromatic rings. The summed E-state index contributed by atoms with van der Waals surface area (Å²) in [6, 6.07) is 22.4. The Morgan fingerprint density at radius 3 is 2.30 bits per heavy atom. The van der Waals surface area contributed by atoms with E-state index in [1.54, 1.807) is 0 Å². The van der Waals surface area contributed by atoms with Crippen molar-refractivity contribution in [3.63, 3.8) is 0 Å². The Morgan fingerprint density at radius 2 is 1.77 bits per heavy atom. The van der Waals surface area contributed by atoms with Gasteiger partial charge < -0.3 is 0 Å². The summed E-state index contributed by atoms with van der Waals surface area (Å²) in [7, 11) is 0. The third-order valence-corrected chi connectivity index (χ3v) is 13.5. The number of rotatable bonds is 7. The van der Waals surface area contributed by atoms with Gasteiger partial charge in [-0.05, 0) is 0 Å². The van der Waals surface area contributed by atoms with Crippen LogP contribution in [0.4, 0.5) is 4.79 Å². The summed E-state index contributed by atoms with van der Waals surface area (Å²) in [6.07, 6.45) is 2.03. The Bertz CT molecular complexity index is 832. The molecule has 2 aliphatic rings. The minimum atomic E-state index is -2.54. The second-order valence-electron chi connectivity index (χ2n) is 8.46. The van der Waals surface area contributed by atoms with Crippen molar-refractivity contribution in [1.82, 2.24) is 10.2 Å². The van der Waals surface area contributed by atoms with Gasteiger partial charge in [-0.3, -0.25) is 0 Å². The zero-order chi connectivity index (χ0) is 20.9. The van der Waals surface area contributed by atoms with Gasteiger partial charge in [0, 0.05) is 0 Å². The first-order valence-electron chi connectivity index (χ1n) is 11.2. The fourth-order valence-corrected chi connectivity index (χ4v) is 11.3. The van der Waals surface area contributed by atoms with E-state index in [1.807, 2.05) is 0 Å². The molecular weight excluding hydrogens is 475 g/mol. The normalized spacial score (nSPS) is 20.9. The van der Waals surface area contributed by atoms with Crippen molar-refractivity contribution in [2.75, 3.05) is 19.6 Å². The van der Waals surface area contributed by atoms with Crippen LogP contribution in [0.2, 0.25) is 4.18 Å². The Labute approximate surface area is 187 Å². The Morgan fingerprint density at radius 1 is 1.13 bits per heavy atom. The number of nitrogens with one attached hydrogen (secondary N) is 1. The number of nitrogens with zero attached hydrogens (tertiary/aromatic N) is 1. The van der Waals surface area contributed by atoms with Gasteiger partial charge in [0.2, 0.25) is 0 Å². The predicted octanol–water partition coefficient (Wildman–Crippen LogP) is 4.49. The second-order valence-corrected chi connectivity index (χ2v) is 15.9. The first-order chi connectivity index (χ1) is 14.7. The van der Waals surface area contributed by atoms with Gasteiger partial charge in [0.05, 0.1) is 0 Å². The Balaban J connectivity index is 1.70. The van der Waals surface area contributed by atoms with E-state index in [0.717, 1.165) is 36.7 Å². The summed E-state index contributed by atoms with van der Waals surface area (Å²) in [4.78, 5) is 14.3. The van der Waals surface area contributed by atoms with Gasteiger partial charge >= 0.3 is 188 Å². The zero-order valence-electron chi connectivity index (χ0n) is 17.7. The SMILES string of the molecule is CCC(C1=[CH][In]([C](=O)O)[CH2]C1)N1CCNCC1C(c1ccccc1)c1ccccc1. The van der Waals surface area contributed by atoms with E-state index in [9.17, 15) is 9.90 Å². The third-order valence-electron chi connectivity index (χ3n) is 6.72. The predicted molar refractivity (Wildman–Crippen MR) is 123 cm³/mol. The Kier molecular flexibility index (Phi) is 7.34. The summed E-state index contributed by atoms with van der Waals surface area (Å²) in [5, 5.41) is 13.2. The van der Waals surface area contributed by atoms with E-state index in [1.165, 1.54) is 16.7 Å². The van der Waals surface area contributed by atoms with Crippen molar-refractivity contribution in [2.45, 2.75) is 41.9 Å². The quantitative estimate of drug-likeness (QED) is 0.581. The number of hydrogen-bond acceptors (Lipinski definition) is 3. The van der Waals surface area contributed by atoms with E-state index < -0.39 is 25.2 Å². The van der Waals surface area contributed by atoms with E-state index >= 15 is 0 Å². The van der Waals surface area contributed by atoms with Gasteiger partial charge in [-0.25, -0.2) is 0 Å². The van der Waals surface area contributed by atoms with E-state index in [4.69, 9.17) is 0 Å². The molecule has 2 aliphatic heterocycles. The Hall–Kier alpha value is -1.56. The van der Waals surface area contributed by atoms with Crippen LogP contribution in [0, 0.1) is 0 Å². The summed E-state index contributed by atoms with van der Waals surface area (Å²) >= 11 is -2.54.